The van der Waals surface area contributed by atoms with Crippen LogP contribution in [0.3, 0.4) is 0 Å². The van der Waals surface area contributed by atoms with E-state index in [-0.39, 0.29) is 5.41 Å². The molecule has 1 spiro atoms. The Labute approximate surface area is 210 Å². The fourth-order valence-electron chi connectivity index (χ4n) is 6.68. The summed E-state index contributed by atoms with van der Waals surface area (Å²) in [5, 5.41) is 6.27. The monoisotopic (exact) mass is 457 g/mol. The van der Waals surface area contributed by atoms with Gasteiger partial charge < -0.3 is 5.32 Å². The van der Waals surface area contributed by atoms with E-state index < -0.39 is 0 Å². The van der Waals surface area contributed by atoms with Gasteiger partial charge >= 0.3 is 0 Å². The molecule has 6 aromatic rings. The van der Waals surface area contributed by atoms with Crippen LogP contribution in [-0.2, 0) is 5.41 Å². The van der Waals surface area contributed by atoms with Gasteiger partial charge in [0.25, 0.3) is 0 Å². The molecule has 36 heavy (non-hydrogen) atoms. The number of rotatable bonds is 2. The van der Waals surface area contributed by atoms with E-state index >= 15 is 0 Å². The fourth-order valence-corrected chi connectivity index (χ4v) is 6.68. The minimum atomic E-state index is -0.354. The zero-order chi connectivity index (χ0) is 23.7. The van der Waals surface area contributed by atoms with Gasteiger partial charge in [-0.2, -0.15) is 0 Å². The molecule has 0 aliphatic heterocycles. The SMILES string of the molecule is c1ccc(Nc2ccc3c(c2)C2(c4ccccc4-3)c3ccccc3-c3ccc4ccccc4c32)cc1. The van der Waals surface area contributed by atoms with Crippen molar-refractivity contribution >= 4 is 22.1 Å². The maximum Gasteiger partial charge on any atom is 0.0732 e. The largest absolute Gasteiger partial charge is 0.356 e. The molecule has 1 N–H and O–H groups in total. The van der Waals surface area contributed by atoms with Crippen LogP contribution >= 0.6 is 0 Å². The summed E-state index contributed by atoms with van der Waals surface area (Å²) >= 11 is 0. The predicted octanol–water partition coefficient (Wildman–Crippen LogP) is 8.93. The van der Waals surface area contributed by atoms with Crippen molar-refractivity contribution in [2.45, 2.75) is 5.41 Å². The molecule has 0 bridgehead atoms. The highest BCUT2D eigenvalue weighted by Crippen LogP contribution is 2.64. The van der Waals surface area contributed by atoms with Crippen LogP contribution < -0.4 is 5.32 Å². The Morgan fingerprint density at radius 3 is 1.83 bits per heavy atom. The van der Waals surface area contributed by atoms with E-state index in [9.17, 15) is 0 Å². The smallest absolute Gasteiger partial charge is 0.0732 e. The van der Waals surface area contributed by atoms with Gasteiger partial charge in [-0.3, -0.25) is 0 Å². The molecule has 1 unspecified atom stereocenters. The molecule has 8 rings (SSSR count). The molecular formula is C35H23N. The molecule has 1 heteroatoms. The number of para-hydroxylation sites is 1. The Kier molecular flexibility index (Phi) is 3.93. The molecule has 0 radical (unpaired) electrons. The molecule has 0 heterocycles. The van der Waals surface area contributed by atoms with E-state index in [0.717, 1.165) is 11.4 Å². The second-order valence-electron chi connectivity index (χ2n) is 9.80. The summed E-state index contributed by atoms with van der Waals surface area (Å²) in [6, 6.07) is 48.8. The summed E-state index contributed by atoms with van der Waals surface area (Å²) < 4.78 is 0. The van der Waals surface area contributed by atoms with E-state index in [1.807, 2.05) is 0 Å². The van der Waals surface area contributed by atoms with Gasteiger partial charge in [0.15, 0.2) is 0 Å². The first kappa shape index (κ1) is 19.7. The van der Waals surface area contributed by atoms with Gasteiger partial charge in [0, 0.05) is 11.4 Å². The first-order valence-electron chi connectivity index (χ1n) is 12.5. The summed E-state index contributed by atoms with van der Waals surface area (Å²) in [4.78, 5) is 0. The standard InChI is InChI=1S/C35H23N/c1-2-11-24(12-3-1)36-25-19-21-29-27-14-6-8-16-31(27)35(33(29)22-25)32-17-9-7-15-28(32)30-20-18-23-10-4-5-13-26(23)34(30)35/h1-22,36H. The van der Waals surface area contributed by atoms with Gasteiger partial charge in [0.05, 0.1) is 5.41 Å². The van der Waals surface area contributed by atoms with Gasteiger partial charge in [-0.25, -0.2) is 0 Å². The number of fused-ring (bicyclic) bond motifs is 12. The zero-order valence-corrected chi connectivity index (χ0v) is 19.7. The summed E-state index contributed by atoms with van der Waals surface area (Å²) in [6.45, 7) is 0. The van der Waals surface area contributed by atoms with E-state index in [2.05, 4.69) is 139 Å². The van der Waals surface area contributed by atoms with Crippen molar-refractivity contribution in [2.24, 2.45) is 0 Å². The molecule has 0 fully saturated rings. The van der Waals surface area contributed by atoms with Crippen molar-refractivity contribution in [1.82, 2.24) is 0 Å². The van der Waals surface area contributed by atoms with Crippen LogP contribution in [0.25, 0.3) is 33.0 Å². The molecular weight excluding hydrogens is 434 g/mol. The van der Waals surface area contributed by atoms with Crippen LogP contribution in [0.5, 0.6) is 0 Å². The Hall–Kier alpha value is -4.62. The van der Waals surface area contributed by atoms with E-state index in [4.69, 9.17) is 0 Å². The van der Waals surface area contributed by atoms with Crippen LogP contribution in [0.2, 0.25) is 0 Å². The number of hydrogen-bond acceptors (Lipinski definition) is 1. The minimum Gasteiger partial charge on any atom is -0.356 e. The van der Waals surface area contributed by atoms with Crippen LogP contribution in [0, 0.1) is 0 Å². The third-order valence-electron chi connectivity index (χ3n) is 8.03. The number of hydrogen-bond donors (Lipinski definition) is 1. The van der Waals surface area contributed by atoms with E-state index in [1.54, 1.807) is 0 Å². The molecule has 0 aromatic heterocycles. The molecule has 0 amide bonds. The minimum absolute atomic E-state index is 0.354. The normalized spacial score (nSPS) is 16.4. The molecule has 1 nitrogen and oxygen atoms in total. The zero-order valence-electron chi connectivity index (χ0n) is 19.7. The predicted molar refractivity (Wildman–Crippen MR) is 150 cm³/mol. The lowest BCUT2D eigenvalue weighted by molar-refractivity contribution is 0.801. The third kappa shape index (κ3) is 2.44. The average molecular weight is 458 g/mol. The fraction of sp³-hybridized carbons (Fsp3) is 0.0286. The van der Waals surface area contributed by atoms with Gasteiger partial charge in [0.2, 0.25) is 0 Å². The molecule has 6 aromatic carbocycles. The molecule has 2 aliphatic carbocycles. The number of benzene rings is 6. The first-order chi connectivity index (χ1) is 17.9. The molecule has 0 saturated heterocycles. The molecule has 168 valence electrons. The third-order valence-corrected chi connectivity index (χ3v) is 8.03. The molecule has 1 atom stereocenters. The Morgan fingerprint density at radius 2 is 1.03 bits per heavy atom. The van der Waals surface area contributed by atoms with Crippen LogP contribution in [0.15, 0.2) is 133 Å². The van der Waals surface area contributed by atoms with Crippen molar-refractivity contribution < 1.29 is 0 Å². The topological polar surface area (TPSA) is 12.0 Å². The summed E-state index contributed by atoms with van der Waals surface area (Å²) in [6.07, 6.45) is 0. The summed E-state index contributed by atoms with van der Waals surface area (Å²) in [5.74, 6) is 0. The highest BCUT2D eigenvalue weighted by molar-refractivity contribution is 6.04. The quantitative estimate of drug-likeness (QED) is 0.273. The lowest BCUT2D eigenvalue weighted by atomic mass is 9.69. The highest BCUT2D eigenvalue weighted by Gasteiger charge is 2.52. The Morgan fingerprint density at radius 1 is 0.417 bits per heavy atom. The lowest BCUT2D eigenvalue weighted by Crippen LogP contribution is -2.26. The second kappa shape index (κ2) is 7.19. The highest BCUT2D eigenvalue weighted by atomic mass is 14.9. The Balaban J connectivity index is 1.51. The number of anilines is 2. The van der Waals surface area contributed by atoms with Crippen LogP contribution in [0.1, 0.15) is 22.3 Å². The van der Waals surface area contributed by atoms with Crippen molar-refractivity contribution in [3.63, 3.8) is 0 Å². The van der Waals surface area contributed by atoms with Crippen molar-refractivity contribution in [3.05, 3.63) is 156 Å². The van der Waals surface area contributed by atoms with E-state index in [0.29, 0.717) is 0 Å². The van der Waals surface area contributed by atoms with Crippen LogP contribution in [0.4, 0.5) is 11.4 Å². The van der Waals surface area contributed by atoms with Crippen molar-refractivity contribution in [1.29, 1.82) is 0 Å². The summed E-state index contributed by atoms with van der Waals surface area (Å²) in [7, 11) is 0. The van der Waals surface area contributed by atoms with Crippen molar-refractivity contribution in [2.75, 3.05) is 5.32 Å². The average Bonchev–Trinajstić information content (AvgIpc) is 3.41. The van der Waals surface area contributed by atoms with Crippen molar-refractivity contribution in [3.8, 4) is 22.3 Å². The van der Waals surface area contributed by atoms with Gasteiger partial charge in [-0.15, -0.1) is 0 Å². The maximum atomic E-state index is 3.65. The van der Waals surface area contributed by atoms with Gasteiger partial charge in [0.1, 0.15) is 0 Å². The lowest BCUT2D eigenvalue weighted by Gasteiger charge is -2.31. The van der Waals surface area contributed by atoms with E-state index in [1.165, 1.54) is 55.3 Å². The molecule has 0 saturated carbocycles. The summed E-state index contributed by atoms with van der Waals surface area (Å²) in [5.41, 5.74) is 12.7. The second-order valence-corrected chi connectivity index (χ2v) is 9.80. The Bertz CT molecular complexity index is 1800. The van der Waals surface area contributed by atoms with Gasteiger partial charge in [-0.1, -0.05) is 109 Å². The first-order valence-corrected chi connectivity index (χ1v) is 12.5. The van der Waals surface area contributed by atoms with Gasteiger partial charge in [-0.05, 0) is 79.5 Å². The van der Waals surface area contributed by atoms with Crippen LogP contribution in [-0.4, -0.2) is 0 Å². The molecule has 2 aliphatic rings. The number of nitrogens with one attached hydrogen (secondary N) is 1. The maximum absolute atomic E-state index is 3.65.